The summed E-state index contributed by atoms with van der Waals surface area (Å²) in [6, 6.07) is 6.92. The minimum absolute atomic E-state index is 0.0866. The van der Waals surface area contributed by atoms with Gasteiger partial charge < -0.3 is 35.1 Å². The zero-order valence-electron chi connectivity index (χ0n) is 20.8. The number of non-ortho nitro benzene ring substituents is 1. The molecule has 13 nitrogen and oxygen atoms in total. The summed E-state index contributed by atoms with van der Waals surface area (Å²) in [7, 11) is 0. The van der Waals surface area contributed by atoms with Crippen molar-refractivity contribution in [2.75, 3.05) is 87.4 Å². The molecule has 1 aliphatic heterocycles. The highest BCUT2D eigenvalue weighted by atomic mass is 16.6. The minimum atomic E-state index is -0.391. The van der Waals surface area contributed by atoms with Crippen molar-refractivity contribution < 1.29 is 19.1 Å². The third kappa shape index (κ3) is 8.73. The molecule has 3 rings (SSSR count). The molecule has 0 unspecified atom stereocenters. The zero-order chi connectivity index (χ0) is 25.6. The van der Waals surface area contributed by atoms with E-state index in [1.165, 1.54) is 12.1 Å². The first-order valence-corrected chi connectivity index (χ1v) is 12.3. The standard InChI is InChI=1S/C23H36N8O5/c1-2-3-14-36-23-27-21(25-9-16-35-18-17-34-15-8-24)26-22(28-23)30-12-10-29(11-13-30)19-4-6-20(7-5-19)31(32)33/h4-7H,2-3,8-18,24H2,1H3,(H,25,26,27,28). The van der Waals surface area contributed by atoms with E-state index < -0.39 is 4.92 Å². The fourth-order valence-corrected chi connectivity index (χ4v) is 3.53. The summed E-state index contributed by atoms with van der Waals surface area (Å²) >= 11 is 0. The average Bonchev–Trinajstić information content (AvgIpc) is 2.90. The second kappa shape index (κ2) is 15.0. The topological polar surface area (TPSA) is 154 Å². The van der Waals surface area contributed by atoms with Crippen molar-refractivity contribution in [2.24, 2.45) is 5.73 Å². The number of nitro groups is 1. The van der Waals surface area contributed by atoms with Gasteiger partial charge in [0.2, 0.25) is 11.9 Å². The normalized spacial score (nSPS) is 13.6. The first kappa shape index (κ1) is 27.3. The number of unbranched alkanes of at least 4 members (excludes halogenated alkanes) is 1. The van der Waals surface area contributed by atoms with Crippen LogP contribution < -0.4 is 25.6 Å². The highest BCUT2D eigenvalue weighted by Crippen LogP contribution is 2.23. The molecular weight excluding hydrogens is 468 g/mol. The first-order valence-electron chi connectivity index (χ1n) is 12.3. The Balaban J connectivity index is 1.56. The quantitative estimate of drug-likeness (QED) is 0.194. The predicted molar refractivity (Wildman–Crippen MR) is 137 cm³/mol. The maximum atomic E-state index is 10.9. The van der Waals surface area contributed by atoms with Crippen LogP contribution in [-0.2, 0) is 9.47 Å². The van der Waals surface area contributed by atoms with Gasteiger partial charge >= 0.3 is 6.01 Å². The lowest BCUT2D eigenvalue weighted by molar-refractivity contribution is -0.384. The van der Waals surface area contributed by atoms with E-state index >= 15 is 0 Å². The average molecular weight is 505 g/mol. The van der Waals surface area contributed by atoms with E-state index in [9.17, 15) is 10.1 Å². The number of hydrogen-bond donors (Lipinski definition) is 2. The van der Waals surface area contributed by atoms with Crippen molar-refractivity contribution in [3.8, 4) is 6.01 Å². The fraction of sp³-hybridized carbons (Fsp3) is 0.609. The molecule has 13 heteroatoms. The highest BCUT2D eigenvalue weighted by molar-refractivity contribution is 5.52. The van der Waals surface area contributed by atoms with Crippen LogP contribution in [0.25, 0.3) is 0 Å². The summed E-state index contributed by atoms with van der Waals surface area (Å²) in [4.78, 5) is 28.3. The second-order valence-electron chi connectivity index (χ2n) is 8.13. The maximum absolute atomic E-state index is 10.9. The maximum Gasteiger partial charge on any atom is 0.323 e. The largest absolute Gasteiger partial charge is 0.463 e. The smallest absolute Gasteiger partial charge is 0.323 e. The molecular formula is C23H36N8O5. The van der Waals surface area contributed by atoms with E-state index in [4.69, 9.17) is 19.9 Å². The van der Waals surface area contributed by atoms with E-state index in [0.717, 1.165) is 31.6 Å². The third-order valence-electron chi connectivity index (χ3n) is 5.48. The van der Waals surface area contributed by atoms with Gasteiger partial charge in [-0.1, -0.05) is 13.3 Å². The summed E-state index contributed by atoms with van der Waals surface area (Å²) in [6.45, 7) is 8.53. The van der Waals surface area contributed by atoms with Crippen LogP contribution >= 0.6 is 0 Å². The van der Waals surface area contributed by atoms with Crippen LogP contribution in [0.3, 0.4) is 0 Å². The number of piperazine rings is 1. The Hall–Kier alpha value is -3.29. The molecule has 0 spiro atoms. The lowest BCUT2D eigenvalue weighted by Gasteiger charge is -2.36. The number of hydrogen-bond acceptors (Lipinski definition) is 12. The number of nitrogens with two attached hydrogens (primary N) is 1. The molecule has 1 aromatic heterocycles. The summed E-state index contributed by atoms with van der Waals surface area (Å²) < 4.78 is 16.6. The molecule has 2 heterocycles. The zero-order valence-corrected chi connectivity index (χ0v) is 20.8. The van der Waals surface area contributed by atoms with Crippen molar-refractivity contribution >= 4 is 23.3 Å². The molecule has 36 heavy (non-hydrogen) atoms. The summed E-state index contributed by atoms with van der Waals surface area (Å²) in [5.41, 5.74) is 6.43. The first-order chi connectivity index (χ1) is 17.6. The van der Waals surface area contributed by atoms with E-state index in [1.54, 1.807) is 12.1 Å². The Morgan fingerprint density at radius 3 is 2.33 bits per heavy atom. The SMILES string of the molecule is CCCCOc1nc(NCCOCCOCCN)nc(N2CCN(c3ccc([N+](=O)[O-])cc3)CC2)n1. The molecule has 198 valence electrons. The summed E-state index contributed by atoms with van der Waals surface area (Å²) in [6.07, 6.45) is 1.93. The minimum Gasteiger partial charge on any atom is -0.463 e. The monoisotopic (exact) mass is 504 g/mol. The van der Waals surface area contributed by atoms with Gasteiger partial charge in [0.05, 0.1) is 38.0 Å². The number of nitrogens with one attached hydrogen (secondary N) is 1. The molecule has 0 aliphatic carbocycles. The second-order valence-corrected chi connectivity index (χ2v) is 8.13. The number of rotatable bonds is 16. The van der Waals surface area contributed by atoms with Gasteiger partial charge in [-0.3, -0.25) is 10.1 Å². The van der Waals surface area contributed by atoms with Gasteiger partial charge in [-0.15, -0.1) is 0 Å². The van der Waals surface area contributed by atoms with Gasteiger partial charge in [-0.2, -0.15) is 15.0 Å². The summed E-state index contributed by atoms with van der Waals surface area (Å²) in [5, 5.41) is 14.1. The number of anilines is 3. The van der Waals surface area contributed by atoms with Crippen LogP contribution in [0, 0.1) is 10.1 Å². The predicted octanol–water partition coefficient (Wildman–Crippen LogP) is 1.69. The molecule has 1 aliphatic rings. The lowest BCUT2D eigenvalue weighted by atomic mass is 10.2. The van der Waals surface area contributed by atoms with Gasteiger partial charge in [0.25, 0.3) is 5.69 Å². The number of aromatic nitrogens is 3. The molecule has 0 saturated carbocycles. The highest BCUT2D eigenvalue weighted by Gasteiger charge is 2.21. The number of ether oxygens (including phenoxy) is 3. The number of nitro benzene ring substituents is 1. The molecule has 3 N–H and O–H groups in total. The number of benzene rings is 1. The van der Waals surface area contributed by atoms with Crippen LogP contribution in [0.2, 0.25) is 0 Å². The molecule has 1 aromatic carbocycles. The van der Waals surface area contributed by atoms with Crippen LogP contribution in [0.1, 0.15) is 19.8 Å². The van der Waals surface area contributed by atoms with Crippen molar-refractivity contribution in [3.63, 3.8) is 0 Å². The number of nitrogens with zero attached hydrogens (tertiary/aromatic N) is 6. The van der Waals surface area contributed by atoms with E-state index in [2.05, 4.69) is 37.0 Å². The lowest BCUT2D eigenvalue weighted by Crippen LogP contribution is -2.47. The molecule has 1 fully saturated rings. The van der Waals surface area contributed by atoms with E-state index in [0.29, 0.717) is 77.1 Å². The van der Waals surface area contributed by atoms with Crippen LogP contribution in [0.15, 0.2) is 24.3 Å². The van der Waals surface area contributed by atoms with Gasteiger partial charge in [0.1, 0.15) is 0 Å². The van der Waals surface area contributed by atoms with Gasteiger partial charge in [-0.05, 0) is 18.6 Å². The van der Waals surface area contributed by atoms with Crippen LogP contribution in [0.4, 0.5) is 23.3 Å². The molecule has 0 radical (unpaired) electrons. The Kier molecular flexibility index (Phi) is 11.3. The van der Waals surface area contributed by atoms with Gasteiger partial charge in [-0.25, -0.2) is 0 Å². The molecule has 0 atom stereocenters. The Bertz CT molecular complexity index is 925. The fourth-order valence-electron chi connectivity index (χ4n) is 3.53. The molecule has 1 saturated heterocycles. The van der Waals surface area contributed by atoms with Crippen LogP contribution in [0.5, 0.6) is 6.01 Å². The Morgan fingerprint density at radius 2 is 1.67 bits per heavy atom. The van der Waals surface area contributed by atoms with Gasteiger partial charge in [0, 0.05) is 57.1 Å². The van der Waals surface area contributed by atoms with Crippen molar-refractivity contribution in [2.45, 2.75) is 19.8 Å². The van der Waals surface area contributed by atoms with Gasteiger partial charge in [0.15, 0.2) is 0 Å². The van der Waals surface area contributed by atoms with E-state index in [1.807, 2.05) is 0 Å². The van der Waals surface area contributed by atoms with Crippen molar-refractivity contribution in [1.29, 1.82) is 0 Å². The van der Waals surface area contributed by atoms with Crippen molar-refractivity contribution in [3.05, 3.63) is 34.4 Å². The van der Waals surface area contributed by atoms with Crippen LogP contribution in [-0.4, -0.2) is 92.2 Å². The molecule has 0 bridgehead atoms. The Labute approximate surface area is 211 Å². The third-order valence-corrected chi connectivity index (χ3v) is 5.48. The molecule has 2 aromatic rings. The van der Waals surface area contributed by atoms with Crippen molar-refractivity contribution in [1.82, 2.24) is 15.0 Å². The molecule has 0 amide bonds. The summed E-state index contributed by atoms with van der Waals surface area (Å²) in [5.74, 6) is 0.991. The Morgan fingerprint density at radius 1 is 0.972 bits per heavy atom. The van der Waals surface area contributed by atoms with E-state index in [-0.39, 0.29) is 5.69 Å².